The van der Waals surface area contributed by atoms with Crippen molar-refractivity contribution < 1.29 is 93.6 Å². The minimum atomic E-state index is -1.95. The molecule has 81 heavy (non-hydrogen) atoms. The van der Waals surface area contributed by atoms with Crippen molar-refractivity contribution in [3.8, 4) is 11.5 Å². The van der Waals surface area contributed by atoms with E-state index in [9.17, 15) is 93.6 Å². The number of carboxylic acid groups (broad SMARTS) is 1. The number of aliphatic hydroxyl groups excluding tert-OH is 5. The number of aliphatic hydroxyl groups is 5. The summed E-state index contributed by atoms with van der Waals surface area (Å²) in [6.45, 7) is 2.56. The summed E-state index contributed by atoms with van der Waals surface area (Å²) in [5, 5.41) is 100. The van der Waals surface area contributed by atoms with Crippen molar-refractivity contribution in [1.82, 2.24) is 52.8 Å². The summed E-state index contributed by atoms with van der Waals surface area (Å²) >= 11 is 0. The number of aromatic hydroxyl groups is 2. The van der Waals surface area contributed by atoms with Crippen molar-refractivity contribution in [3.63, 3.8) is 0 Å². The molecule has 0 bridgehead atoms. The molecule has 1 heterocycles. The van der Waals surface area contributed by atoms with E-state index in [-0.39, 0.29) is 37.3 Å². The second-order valence-corrected chi connectivity index (χ2v) is 19.9. The Morgan fingerprint density at radius 3 is 1.37 bits per heavy atom. The second-order valence-electron chi connectivity index (χ2n) is 19.9. The quantitative estimate of drug-likeness (QED) is 0.0334. The number of nitrogens with one attached hydrogen (secondary N) is 9. The molecular formula is C51H75N11O19. The molecule has 1 saturated heterocycles. The number of benzene rings is 2. The zero-order valence-corrected chi connectivity index (χ0v) is 45.3. The number of rotatable bonds is 31. The van der Waals surface area contributed by atoms with E-state index in [0.29, 0.717) is 17.5 Å². The largest absolute Gasteiger partial charge is 0.508 e. The molecule has 2 aromatic rings. The number of nitrogens with zero attached hydrogens (tertiary/aromatic N) is 1. The summed E-state index contributed by atoms with van der Waals surface area (Å²) in [5.74, 6) is -12.8. The lowest BCUT2D eigenvalue weighted by Gasteiger charge is -2.30. The van der Waals surface area contributed by atoms with E-state index in [1.165, 1.54) is 48.5 Å². The first-order chi connectivity index (χ1) is 38.1. The highest BCUT2D eigenvalue weighted by atomic mass is 16.4. The third-order valence-electron chi connectivity index (χ3n) is 12.8. The van der Waals surface area contributed by atoms with Crippen LogP contribution in [0.15, 0.2) is 48.5 Å². The monoisotopic (exact) mass is 1150 g/mol. The summed E-state index contributed by atoms with van der Waals surface area (Å²) in [6.07, 6.45) is -1.82. The number of hydrogen-bond donors (Lipinski definition) is 18. The molecule has 3 rings (SSSR count). The van der Waals surface area contributed by atoms with E-state index in [4.69, 9.17) is 5.73 Å². The summed E-state index contributed by atoms with van der Waals surface area (Å²) in [4.78, 5) is 147. The number of amides is 10. The van der Waals surface area contributed by atoms with E-state index in [2.05, 4.69) is 47.9 Å². The molecule has 1 aliphatic rings. The Hall–Kier alpha value is -8.03. The molecule has 448 valence electrons. The summed E-state index contributed by atoms with van der Waals surface area (Å²) in [7, 11) is 0. The summed E-state index contributed by atoms with van der Waals surface area (Å²) in [6, 6.07) is -4.83. The van der Waals surface area contributed by atoms with Crippen molar-refractivity contribution >= 4 is 65.0 Å². The average Bonchev–Trinajstić information content (AvgIpc) is 3.92. The molecule has 0 unspecified atom stereocenters. The molecule has 0 saturated carbocycles. The summed E-state index contributed by atoms with van der Waals surface area (Å²) in [5.41, 5.74) is 6.39. The standard InChI is InChI=1S/C51H75N11O19/c1-24(2)39(48(77)60-40(25(3)4)51(80)81)59-38(70)19-53-47(76)37-7-6-16-62(37)50(79)33(18-28-10-14-30(69)15-11-28)55-44(73)34(21-64)56-45(74)35(22-65)57-46(75)36(23-66)58-49(78)41(26(5)67)61-43(72)32(54-42(71)31(52)20-63)17-27-8-12-29(68)13-9-27/h8-15,24-26,31-37,39-41,63-69H,6-7,16-23,52H2,1-5H3,(H,53,76)(H,54,71)(H,55,73)(H,56,74)(H,57,75)(H,58,78)(H,59,70)(H,60,77)(H,61,72)(H,80,81)/t26-,31+,32+,33+,34+,35+,36+,37+,39+,40+,41+/m1/s1. The number of phenolic OH excluding ortho intramolecular Hbond substituents is 2. The van der Waals surface area contributed by atoms with Gasteiger partial charge >= 0.3 is 5.97 Å². The van der Waals surface area contributed by atoms with Crippen LogP contribution in [0.1, 0.15) is 58.6 Å². The van der Waals surface area contributed by atoms with Crippen LogP contribution in [0.25, 0.3) is 0 Å². The molecule has 19 N–H and O–H groups in total. The number of carbonyl (C=O) groups is 11. The first-order valence-corrected chi connectivity index (χ1v) is 25.8. The van der Waals surface area contributed by atoms with Gasteiger partial charge in [-0.3, -0.25) is 47.9 Å². The average molecular weight is 1150 g/mol. The molecule has 0 aromatic heterocycles. The molecule has 0 aliphatic carbocycles. The zero-order valence-electron chi connectivity index (χ0n) is 45.3. The van der Waals surface area contributed by atoms with Crippen molar-refractivity contribution in [2.45, 2.75) is 127 Å². The van der Waals surface area contributed by atoms with Gasteiger partial charge < -0.3 is 99.3 Å². The van der Waals surface area contributed by atoms with Crippen molar-refractivity contribution in [3.05, 3.63) is 59.7 Å². The molecule has 0 radical (unpaired) electrons. The van der Waals surface area contributed by atoms with Crippen LogP contribution < -0.4 is 53.6 Å². The van der Waals surface area contributed by atoms with Gasteiger partial charge in [0.1, 0.15) is 71.9 Å². The van der Waals surface area contributed by atoms with E-state index in [1.807, 2.05) is 0 Å². The van der Waals surface area contributed by atoms with Gasteiger partial charge in [-0.05, 0) is 67.0 Å². The van der Waals surface area contributed by atoms with Gasteiger partial charge in [-0.1, -0.05) is 52.0 Å². The fourth-order valence-electron chi connectivity index (χ4n) is 8.13. The topological polar surface area (TPSA) is 487 Å². The number of hydrogen-bond acceptors (Lipinski definition) is 19. The molecule has 1 aliphatic heterocycles. The predicted molar refractivity (Wildman–Crippen MR) is 282 cm³/mol. The number of phenols is 2. The fraction of sp³-hybridized carbons (Fsp3) is 0.549. The Labute approximate surface area is 465 Å². The van der Waals surface area contributed by atoms with Gasteiger partial charge in [-0.2, -0.15) is 0 Å². The normalized spacial score (nSPS) is 16.8. The highest BCUT2D eigenvalue weighted by Gasteiger charge is 2.40. The van der Waals surface area contributed by atoms with Crippen molar-refractivity contribution in [2.75, 3.05) is 39.5 Å². The molecule has 2 aromatic carbocycles. The van der Waals surface area contributed by atoms with Crippen LogP contribution in [0.3, 0.4) is 0 Å². The van der Waals surface area contributed by atoms with Gasteiger partial charge in [-0.15, -0.1) is 0 Å². The Bertz CT molecular complexity index is 2520. The van der Waals surface area contributed by atoms with E-state index in [0.717, 1.165) is 11.8 Å². The molecule has 30 nitrogen and oxygen atoms in total. The maximum atomic E-state index is 14.3. The van der Waals surface area contributed by atoms with Crippen LogP contribution in [0.4, 0.5) is 0 Å². The Morgan fingerprint density at radius 1 is 0.531 bits per heavy atom. The van der Waals surface area contributed by atoms with Crippen LogP contribution in [-0.2, 0) is 65.6 Å². The van der Waals surface area contributed by atoms with Gasteiger partial charge in [0.2, 0.25) is 59.1 Å². The van der Waals surface area contributed by atoms with Crippen molar-refractivity contribution in [2.24, 2.45) is 17.6 Å². The minimum Gasteiger partial charge on any atom is -0.508 e. The number of likely N-dealkylation sites (tertiary alicyclic amines) is 1. The van der Waals surface area contributed by atoms with Crippen LogP contribution >= 0.6 is 0 Å². The SMILES string of the molecule is CC(C)[C@H](NC(=O)[C@@H](NC(=O)CNC(=O)[C@@H]1CCCN1C(=O)[C@H](Cc1ccc(O)cc1)NC(=O)[C@H](CO)NC(=O)[C@H](CO)NC(=O)[C@H](CO)NC(=O)[C@@H](NC(=O)[C@H](Cc1ccc(O)cc1)NC(=O)[C@@H](N)CO)[C@@H](C)O)C(C)C)C(=O)O. The molecular weight excluding hydrogens is 1070 g/mol. The Morgan fingerprint density at radius 2 is 0.938 bits per heavy atom. The van der Waals surface area contributed by atoms with E-state index >= 15 is 0 Å². The maximum absolute atomic E-state index is 14.3. The van der Waals surface area contributed by atoms with Crippen LogP contribution in [0.2, 0.25) is 0 Å². The lowest BCUT2D eigenvalue weighted by molar-refractivity contribution is -0.143. The Kier molecular flexibility index (Phi) is 26.8. The number of carboxylic acids is 1. The van der Waals surface area contributed by atoms with Gasteiger partial charge in [0.05, 0.1) is 39.1 Å². The van der Waals surface area contributed by atoms with Gasteiger partial charge in [0, 0.05) is 19.4 Å². The predicted octanol–water partition coefficient (Wildman–Crippen LogP) is -7.06. The zero-order chi connectivity index (χ0) is 60.8. The number of aliphatic carboxylic acids is 1. The van der Waals surface area contributed by atoms with Gasteiger partial charge in [-0.25, -0.2) is 4.79 Å². The highest BCUT2D eigenvalue weighted by Crippen LogP contribution is 2.21. The lowest BCUT2D eigenvalue weighted by atomic mass is 10.0. The van der Waals surface area contributed by atoms with E-state index in [1.54, 1.807) is 27.7 Å². The van der Waals surface area contributed by atoms with Gasteiger partial charge in [0.15, 0.2) is 0 Å². The van der Waals surface area contributed by atoms with Gasteiger partial charge in [0.25, 0.3) is 0 Å². The molecule has 1 fully saturated rings. The van der Waals surface area contributed by atoms with Crippen LogP contribution in [0, 0.1) is 11.8 Å². The first kappa shape index (κ1) is 67.2. The second kappa shape index (κ2) is 32.3. The first-order valence-electron chi connectivity index (χ1n) is 25.8. The highest BCUT2D eigenvalue weighted by molar-refractivity contribution is 5.99. The fourth-order valence-corrected chi connectivity index (χ4v) is 8.13. The number of nitrogens with two attached hydrogens (primary N) is 1. The Balaban J connectivity index is 1.73. The smallest absolute Gasteiger partial charge is 0.326 e. The third kappa shape index (κ3) is 20.5. The third-order valence-corrected chi connectivity index (χ3v) is 12.8. The van der Waals surface area contributed by atoms with Crippen LogP contribution in [-0.4, -0.2) is 217 Å². The van der Waals surface area contributed by atoms with E-state index < -0.39 is 176 Å². The van der Waals surface area contributed by atoms with Crippen LogP contribution in [0.5, 0.6) is 11.5 Å². The molecule has 10 amide bonds. The number of carbonyl (C=O) groups excluding carboxylic acids is 10. The summed E-state index contributed by atoms with van der Waals surface area (Å²) < 4.78 is 0. The lowest BCUT2D eigenvalue weighted by Crippen LogP contribution is -2.63. The molecule has 0 spiro atoms. The minimum absolute atomic E-state index is 0.00714. The molecule has 11 atom stereocenters. The van der Waals surface area contributed by atoms with Crippen molar-refractivity contribution in [1.29, 1.82) is 0 Å². The molecule has 30 heteroatoms. The maximum Gasteiger partial charge on any atom is 0.326 e.